The van der Waals surface area contributed by atoms with Crippen LogP contribution in [0.15, 0.2) is 18.2 Å². The van der Waals surface area contributed by atoms with Gasteiger partial charge in [-0.3, -0.25) is 4.79 Å². The second-order valence-electron chi connectivity index (χ2n) is 5.06. The number of benzene rings is 1. The van der Waals surface area contributed by atoms with Gasteiger partial charge < -0.3 is 10.0 Å². The molecule has 1 N–H and O–H groups in total. The predicted molar refractivity (Wildman–Crippen MR) is 73.4 cm³/mol. The number of carbonyl (C=O) groups is 1. The number of hydrogen-bond acceptors (Lipinski definition) is 2. The summed E-state index contributed by atoms with van der Waals surface area (Å²) in [6.07, 6.45) is 1.37. The Hall–Kier alpha value is -1.35. The highest BCUT2D eigenvalue weighted by atomic mass is 16.3. The summed E-state index contributed by atoms with van der Waals surface area (Å²) in [7, 11) is 3.51. The maximum atomic E-state index is 11.4. The van der Waals surface area contributed by atoms with Crippen LogP contribution in [0.1, 0.15) is 42.1 Å². The van der Waals surface area contributed by atoms with Crippen molar-refractivity contribution in [1.29, 1.82) is 0 Å². The van der Waals surface area contributed by atoms with E-state index in [-0.39, 0.29) is 5.91 Å². The molecule has 1 rings (SSSR count). The predicted octanol–water partition coefficient (Wildman–Crippen LogP) is 2.60. The van der Waals surface area contributed by atoms with Gasteiger partial charge in [-0.15, -0.1) is 0 Å². The van der Waals surface area contributed by atoms with Crippen molar-refractivity contribution in [3.63, 3.8) is 0 Å². The molecule has 0 aromatic heterocycles. The topological polar surface area (TPSA) is 40.5 Å². The summed E-state index contributed by atoms with van der Waals surface area (Å²) in [5.41, 5.74) is 3.23. The third kappa shape index (κ3) is 4.15. The molecule has 0 saturated carbocycles. The van der Waals surface area contributed by atoms with E-state index in [4.69, 9.17) is 0 Å². The summed E-state index contributed by atoms with van der Waals surface area (Å²) in [4.78, 5) is 13.0. The number of amides is 1. The van der Waals surface area contributed by atoms with Crippen LogP contribution < -0.4 is 0 Å². The Kier molecular flexibility index (Phi) is 5.35. The van der Waals surface area contributed by atoms with Crippen LogP contribution in [0.3, 0.4) is 0 Å². The highest BCUT2D eigenvalue weighted by Gasteiger charge is 2.12. The van der Waals surface area contributed by atoms with E-state index in [1.165, 1.54) is 0 Å². The zero-order valence-corrected chi connectivity index (χ0v) is 11.7. The Balaban J connectivity index is 2.53. The van der Waals surface area contributed by atoms with Crippen molar-refractivity contribution >= 4 is 5.91 Å². The highest BCUT2D eigenvalue weighted by molar-refractivity contribution is 5.75. The molecule has 0 spiro atoms. The fraction of sp³-hybridized carbons (Fsp3) is 0.533. The second-order valence-corrected chi connectivity index (χ2v) is 5.06. The Labute approximate surface area is 109 Å². The summed E-state index contributed by atoms with van der Waals surface area (Å²) < 4.78 is 0. The number of hydrogen-bond donors (Lipinski definition) is 1. The van der Waals surface area contributed by atoms with E-state index in [2.05, 4.69) is 0 Å². The molecule has 0 bridgehead atoms. The molecule has 0 radical (unpaired) electrons. The molecular formula is C15H23NO2. The van der Waals surface area contributed by atoms with Gasteiger partial charge in [0.15, 0.2) is 0 Å². The lowest BCUT2D eigenvalue weighted by Crippen LogP contribution is -2.21. The molecule has 0 aliphatic rings. The van der Waals surface area contributed by atoms with E-state index >= 15 is 0 Å². The van der Waals surface area contributed by atoms with Crippen LogP contribution in [-0.4, -0.2) is 30.0 Å². The van der Waals surface area contributed by atoms with Crippen LogP contribution in [0.4, 0.5) is 0 Å². The summed E-state index contributed by atoms with van der Waals surface area (Å²) in [5, 5.41) is 10.2. The second kappa shape index (κ2) is 6.55. The number of aliphatic hydroxyl groups excluding tert-OH is 1. The fourth-order valence-corrected chi connectivity index (χ4v) is 1.94. The highest BCUT2D eigenvalue weighted by Crippen LogP contribution is 2.23. The molecule has 0 aliphatic carbocycles. The van der Waals surface area contributed by atoms with E-state index in [9.17, 15) is 9.90 Å². The number of rotatable bonds is 5. The Morgan fingerprint density at radius 2 is 2.00 bits per heavy atom. The van der Waals surface area contributed by atoms with E-state index in [1.54, 1.807) is 19.0 Å². The largest absolute Gasteiger partial charge is 0.388 e. The molecule has 0 heterocycles. The van der Waals surface area contributed by atoms with Crippen molar-refractivity contribution in [3.05, 3.63) is 34.9 Å². The molecule has 0 saturated heterocycles. The molecular weight excluding hydrogens is 226 g/mol. The summed E-state index contributed by atoms with van der Waals surface area (Å²) in [5.74, 6) is 0.114. The van der Waals surface area contributed by atoms with E-state index < -0.39 is 6.10 Å². The molecule has 0 fully saturated rings. The molecule has 1 amide bonds. The first-order chi connectivity index (χ1) is 8.41. The van der Waals surface area contributed by atoms with Gasteiger partial charge in [-0.25, -0.2) is 0 Å². The van der Waals surface area contributed by atoms with Gasteiger partial charge in [0.25, 0.3) is 0 Å². The van der Waals surface area contributed by atoms with Gasteiger partial charge in [0.1, 0.15) is 0 Å². The summed E-state index contributed by atoms with van der Waals surface area (Å²) in [6.45, 7) is 4.02. The molecule has 1 aromatic rings. The minimum absolute atomic E-state index is 0.114. The number of nitrogens with zero attached hydrogens (tertiary/aromatic N) is 1. The van der Waals surface area contributed by atoms with Gasteiger partial charge in [0.05, 0.1) is 6.10 Å². The zero-order chi connectivity index (χ0) is 13.7. The Bertz CT molecular complexity index is 413. The van der Waals surface area contributed by atoms with E-state index in [0.29, 0.717) is 19.3 Å². The van der Waals surface area contributed by atoms with E-state index in [0.717, 1.165) is 16.7 Å². The summed E-state index contributed by atoms with van der Waals surface area (Å²) in [6, 6.07) is 6.09. The lowest BCUT2D eigenvalue weighted by molar-refractivity contribution is -0.128. The monoisotopic (exact) mass is 249 g/mol. The summed E-state index contributed by atoms with van der Waals surface area (Å²) >= 11 is 0. The van der Waals surface area contributed by atoms with Crippen molar-refractivity contribution in [2.24, 2.45) is 0 Å². The van der Waals surface area contributed by atoms with Crippen LogP contribution in [0.2, 0.25) is 0 Å². The molecule has 100 valence electrons. The Morgan fingerprint density at radius 3 is 2.61 bits per heavy atom. The molecule has 1 atom stereocenters. The first-order valence-electron chi connectivity index (χ1n) is 6.37. The van der Waals surface area contributed by atoms with Crippen molar-refractivity contribution in [2.75, 3.05) is 14.1 Å². The molecule has 1 aromatic carbocycles. The van der Waals surface area contributed by atoms with Gasteiger partial charge in [-0.2, -0.15) is 0 Å². The maximum absolute atomic E-state index is 11.4. The van der Waals surface area contributed by atoms with Crippen molar-refractivity contribution in [1.82, 2.24) is 4.90 Å². The smallest absolute Gasteiger partial charge is 0.222 e. The SMILES string of the molecule is Cc1ccc(C)c(C(O)CCCC(=O)N(C)C)c1. The third-order valence-corrected chi connectivity index (χ3v) is 3.16. The van der Waals surface area contributed by atoms with Gasteiger partial charge in [0.2, 0.25) is 5.91 Å². The third-order valence-electron chi connectivity index (χ3n) is 3.16. The number of aliphatic hydroxyl groups is 1. The first kappa shape index (κ1) is 14.7. The van der Waals surface area contributed by atoms with Crippen molar-refractivity contribution < 1.29 is 9.90 Å². The number of aryl methyl sites for hydroxylation is 2. The van der Waals surface area contributed by atoms with Gasteiger partial charge in [-0.1, -0.05) is 23.8 Å². The van der Waals surface area contributed by atoms with Gasteiger partial charge in [-0.05, 0) is 37.8 Å². The molecule has 0 aliphatic heterocycles. The number of carbonyl (C=O) groups excluding carboxylic acids is 1. The minimum atomic E-state index is -0.472. The van der Waals surface area contributed by atoms with Gasteiger partial charge in [0, 0.05) is 20.5 Å². The minimum Gasteiger partial charge on any atom is -0.388 e. The standard InChI is InChI=1S/C15H23NO2/c1-11-8-9-12(2)13(10-11)14(17)6-5-7-15(18)16(3)4/h8-10,14,17H,5-7H2,1-4H3. The Morgan fingerprint density at radius 1 is 1.33 bits per heavy atom. The molecule has 18 heavy (non-hydrogen) atoms. The fourth-order valence-electron chi connectivity index (χ4n) is 1.94. The lowest BCUT2D eigenvalue weighted by Gasteiger charge is -2.15. The molecule has 3 nitrogen and oxygen atoms in total. The van der Waals surface area contributed by atoms with Crippen molar-refractivity contribution in [3.8, 4) is 0 Å². The lowest BCUT2D eigenvalue weighted by atomic mass is 9.97. The average molecular weight is 249 g/mol. The van der Waals surface area contributed by atoms with Crippen LogP contribution in [0.5, 0.6) is 0 Å². The quantitative estimate of drug-likeness (QED) is 0.871. The van der Waals surface area contributed by atoms with Crippen LogP contribution in [0, 0.1) is 13.8 Å². The van der Waals surface area contributed by atoms with Crippen LogP contribution >= 0.6 is 0 Å². The first-order valence-corrected chi connectivity index (χ1v) is 6.37. The average Bonchev–Trinajstić information content (AvgIpc) is 2.31. The van der Waals surface area contributed by atoms with Gasteiger partial charge >= 0.3 is 0 Å². The molecule has 1 unspecified atom stereocenters. The molecule has 3 heteroatoms. The van der Waals surface area contributed by atoms with E-state index in [1.807, 2.05) is 32.0 Å². The van der Waals surface area contributed by atoms with Crippen LogP contribution in [0.25, 0.3) is 0 Å². The normalized spacial score (nSPS) is 12.3. The zero-order valence-electron chi connectivity index (χ0n) is 11.7. The maximum Gasteiger partial charge on any atom is 0.222 e. The van der Waals surface area contributed by atoms with Crippen LogP contribution in [-0.2, 0) is 4.79 Å². The van der Waals surface area contributed by atoms with Crippen molar-refractivity contribution in [2.45, 2.75) is 39.2 Å².